The Morgan fingerprint density at radius 3 is 1.18 bits per heavy atom. The van der Waals surface area contributed by atoms with Crippen LogP contribution in [0.15, 0.2) is 215 Å². The fraction of sp³-hybridized carbons (Fsp3) is 0. The van der Waals surface area contributed by atoms with E-state index in [-0.39, 0.29) is 0 Å². The van der Waals surface area contributed by atoms with Crippen LogP contribution >= 0.6 is 11.3 Å². The van der Waals surface area contributed by atoms with E-state index in [4.69, 9.17) is 18.8 Å². The summed E-state index contributed by atoms with van der Waals surface area (Å²) in [6.07, 6.45) is 0. The van der Waals surface area contributed by atoms with Crippen molar-refractivity contribution in [2.75, 3.05) is 0 Å². The smallest absolute Gasteiger partial charge is 0.144 e. The summed E-state index contributed by atoms with van der Waals surface area (Å²) < 4.78 is 13.5. The highest BCUT2D eigenvalue weighted by Gasteiger charge is 2.26. The van der Waals surface area contributed by atoms with Crippen LogP contribution in [0.5, 0.6) is 0 Å². The molecule has 4 heterocycles. The van der Waals surface area contributed by atoms with Crippen LogP contribution in [0.2, 0.25) is 0 Å². The second-order valence-electron chi connectivity index (χ2n) is 17.6. The van der Waals surface area contributed by atoms with Crippen LogP contribution in [-0.4, -0.2) is 9.97 Å². The Balaban J connectivity index is 1.08. The standard InChI is InChI=1S/C62H34N2O2S/c1-3-13-37-31-39(25-23-35(37)11-1)41-27-29-43-44-30-28-42(40-26-24-36-12-2-4-14-38(36)32-40)34-52(44)56-55(51(43)33-41)63-57-58(64-56)62(50-20-10-18-48-46-16-6-8-22-54(46)66-60(48)50)67-61(57)49-19-9-17-47-45-15-5-7-21-53(45)65-59(47)49/h1-34H. The zero-order chi connectivity index (χ0) is 43.7. The second kappa shape index (κ2) is 13.9. The summed E-state index contributed by atoms with van der Waals surface area (Å²) >= 11 is 1.71. The van der Waals surface area contributed by atoms with Crippen LogP contribution in [0.4, 0.5) is 0 Å². The first-order valence-corrected chi connectivity index (χ1v) is 23.4. The summed E-state index contributed by atoms with van der Waals surface area (Å²) in [5.41, 5.74) is 13.3. The third-order valence-corrected chi connectivity index (χ3v) is 15.1. The Bertz CT molecular complexity index is 4300. The Kier molecular flexibility index (Phi) is 7.63. The summed E-state index contributed by atoms with van der Waals surface area (Å²) in [5, 5.41) is 13.6. The molecule has 5 heteroatoms. The molecule has 0 aliphatic rings. The normalized spacial score (nSPS) is 12.2. The minimum Gasteiger partial charge on any atom is -0.455 e. The van der Waals surface area contributed by atoms with Crippen molar-refractivity contribution in [2.45, 2.75) is 0 Å². The molecule has 0 bridgehead atoms. The first kappa shape index (κ1) is 36.7. The number of furan rings is 2. The van der Waals surface area contributed by atoms with E-state index in [0.29, 0.717) is 0 Å². The van der Waals surface area contributed by atoms with Crippen LogP contribution in [-0.2, 0) is 0 Å². The lowest BCUT2D eigenvalue weighted by atomic mass is 9.92. The van der Waals surface area contributed by atoms with E-state index < -0.39 is 0 Å². The predicted octanol–water partition coefficient (Wildman–Crippen LogP) is 17.9. The monoisotopic (exact) mass is 870 g/mol. The predicted molar refractivity (Wildman–Crippen MR) is 281 cm³/mol. The highest BCUT2D eigenvalue weighted by molar-refractivity contribution is 7.21. The molecule has 0 saturated heterocycles. The SMILES string of the molecule is c1ccc2cc(-c3ccc4c5ccc(-c6ccc7ccccc7c6)cc5c5nc6c(-c7cccc8c7oc7ccccc78)sc(-c7cccc8c7oc7ccccc78)c6nc5c4c3)ccc2c1. The molecule has 0 N–H and O–H groups in total. The van der Waals surface area contributed by atoms with E-state index in [9.17, 15) is 0 Å². The molecule has 310 valence electrons. The quantitative estimate of drug-likeness (QED) is 0.165. The Morgan fingerprint density at radius 2 is 0.687 bits per heavy atom. The van der Waals surface area contributed by atoms with Crippen LogP contribution in [0, 0.1) is 0 Å². The molecule has 0 aliphatic heterocycles. The maximum Gasteiger partial charge on any atom is 0.144 e. The zero-order valence-corrected chi connectivity index (χ0v) is 36.6. The van der Waals surface area contributed by atoms with Crippen molar-refractivity contribution in [3.8, 4) is 43.1 Å². The molecule has 15 aromatic rings. The maximum absolute atomic E-state index is 6.74. The lowest BCUT2D eigenvalue weighted by Crippen LogP contribution is -1.93. The zero-order valence-electron chi connectivity index (χ0n) is 35.7. The van der Waals surface area contributed by atoms with Gasteiger partial charge in [-0.2, -0.15) is 0 Å². The fourth-order valence-electron chi connectivity index (χ4n) is 10.6. The van der Waals surface area contributed by atoms with Crippen molar-refractivity contribution in [3.05, 3.63) is 206 Å². The lowest BCUT2D eigenvalue weighted by molar-refractivity contribution is 0.670. The van der Waals surface area contributed by atoms with Crippen molar-refractivity contribution >= 4 is 120 Å². The van der Waals surface area contributed by atoms with E-state index in [1.54, 1.807) is 11.3 Å². The van der Waals surface area contributed by atoms with Gasteiger partial charge in [0.2, 0.25) is 0 Å². The summed E-state index contributed by atoms with van der Waals surface area (Å²) in [6.45, 7) is 0. The van der Waals surface area contributed by atoms with Gasteiger partial charge in [-0.3, -0.25) is 0 Å². The van der Waals surface area contributed by atoms with Crippen LogP contribution in [0.25, 0.3) is 152 Å². The third-order valence-electron chi connectivity index (χ3n) is 13.8. The Labute approximate surface area is 386 Å². The Morgan fingerprint density at radius 1 is 0.284 bits per heavy atom. The number of thiophene rings is 1. The summed E-state index contributed by atoms with van der Waals surface area (Å²) in [6, 6.07) is 73.7. The second-order valence-corrected chi connectivity index (χ2v) is 18.6. The number of aromatic nitrogens is 2. The molecular formula is C62H34N2O2S. The molecule has 0 fully saturated rings. The number of rotatable bonds is 4. The first-order valence-electron chi connectivity index (χ1n) is 22.6. The molecule has 0 aliphatic carbocycles. The number of para-hydroxylation sites is 4. The highest BCUT2D eigenvalue weighted by atomic mass is 32.1. The van der Waals surface area contributed by atoms with Gasteiger partial charge in [-0.25, -0.2) is 9.97 Å². The molecule has 15 rings (SSSR count). The van der Waals surface area contributed by atoms with Gasteiger partial charge in [0.25, 0.3) is 0 Å². The molecule has 4 aromatic heterocycles. The van der Waals surface area contributed by atoms with Gasteiger partial charge < -0.3 is 8.83 Å². The van der Waals surface area contributed by atoms with Gasteiger partial charge in [-0.05, 0) is 103 Å². The molecule has 0 atom stereocenters. The molecule has 0 saturated carbocycles. The van der Waals surface area contributed by atoms with E-state index >= 15 is 0 Å². The van der Waals surface area contributed by atoms with E-state index in [2.05, 4.69) is 182 Å². The van der Waals surface area contributed by atoms with Gasteiger partial charge in [0.05, 0.1) is 20.8 Å². The van der Waals surface area contributed by atoms with E-state index in [0.717, 1.165) is 131 Å². The summed E-state index contributed by atoms with van der Waals surface area (Å²) in [4.78, 5) is 13.7. The topological polar surface area (TPSA) is 52.1 Å². The number of fused-ring (bicyclic) bond motifs is 15. The number of hydrogen-bond donors (Lipinski definition) is 0. The Hall–Kier alpha value is -8.64. The molecule has 0 unspecified atom stereocenters. The average Bonchev–Trinajstić information content (AvgIpc) is 4.09. The maximum atomic E-state index is 6.74. The average molecular weight is 871 g/mol. The van der Waals surface area contributed by atoms with Gasteiger partial charge >= 0.3 is 0 Å². The molecule has 0 amide bonds. The van der Waals surface area contributed by atoms with Crippen molar-refractivity contribution < 1.29 is 8.83 Å². The van der Waals surface area contributed by atoms with Crippen molar-refractivity contribution in [2.24, 2.45) is 0 Å². The van der Waals surface area contributed by atoms with Crippen LogP contribution < -0.4 is 0 Å². The molecular weight excluding hydrogens is 837 g/mol. The molecule has 11 aromatic carbocycles. The van der Waals surface area contributed by atoms with Crippen molar-refractivity contribution in [1.29, 1.82) is 0 Å². The summed E-state index contributed by atoms with van der Waals surface area (Å²) in [5.74, 6) is 0. The van der Waals surface area contributed by atoms with Gasteiger partial charge in [-0.1, -0.05) is 158 Å². The third kappa shape index (κ3) is 5.46. The van der Waals surface area contributed by atoms with Gasteiger partial charge in [0.1, 0.15) is 33.4 Å². The van der Waals surface area contributed by atoms with Gasteiger partial charge in [0.15, 0.2) is 0 Å². The van der Waals surface area contributed by atoms with Gasteiger partial charge in [-0.15, -0.1) is 11.3 Å². The number of nitrogens with zero attached hydrogens (tertiary/aromatic N) is 2. The molecule has 0 spiro atoms. The van der Waals surface area contributed by atoms with Crippen LogP contribution in [0.1, 0.15) is 0 Å². The van der Waals surface area contributed by atoms with E-state index in [1.807, 2.05) is 24.3 Å². The van der Waals surface area contributed by atoms with Crippen LogP contribution in [0.3, 0.4) is 0 Å². The first-order chi connectivity index (χ1) is 33.2. The van der Waals surface area contributed by atoms with E-state index in [1.165, 1.54) is 21.5 Å². The van der Waals surface area contributed by atoms with Crippen molar-refractivity contribution in [3.63, 3.8) is 0 Å². The van der Waals surface area contributed by atoms with Crippen molar-refractivity contribution in [1.82, 2.24) is 9.97 Å². The minimum absolute atomic E-state index is 0.830. The molecule has 67 heavy (non-hydrogen) atoms. The van der Waals surface area contributed by atoms with Gasteiger partial charge in [0, 0.05) is 43.4 Å². The molecule has 4 nitrogen and oxygen atoms in total. The summed E-state index contributed by atoms with van der Waals surface area (Å²) in [7, 11) is 0. The lowest BCUT2D eigenvalue weighted by Gasteiger charge is -2.14. The number of benzene rings is 11. The molecule has 0 radical (unpaired) electrons. The minimum atomic E-state index is 0.830. The highest BCUT2D eigenvalue weighted by Crippen LogP contribution is 2.50. The fourth-order valence-corrected chi connectivity index (χ4v) is 11.8. The largest absolute Gasteiger partial charge is 0.455 e. The number of hydrogen-bond acceptors (Lipinski definition) is 5.